The van der Waals surface area contributed by atoms with Crippen molar-refractivity contribution in [1.82, 2.24) is 5.32 Å². The van der Waals surface area contributed by atoms with Gasteiger partial charge in [0.15, 0.2) is 0 Å². The monoisotopic (exact) mass is 245 g/mol. The highest BCUT2D eigenvalue weighted by Crippen LogP contribution is 2.36. The van der Waals surface area contributed by atoms with Crippen LogP contribution < -0.4 is 10.1 Å². The highest BCUT2D eigenvalue weighted by Gasteiger charge is 2.27. The summed E-state index contributed by atoms with van der Waals surface area (Å²) in [7, 11) is 0. The van der Waals surface area contributed by atoms with Gasteiger partial charge in [0.25, 0.3) is 0 Å². The first kappa shape index (κ1) is 12.0. The molecule has 2 nitrogen and oxygen atoms in total. The molecule has 0 atom stereocenters. The first-order chi connectivity index (χ1) is 8.62. The largest absolute Gasteiger partial charge is 0.490 e. The Morgan fingerprint density at radius 1 is 1.11 bits per heavy atom. The Morgan fingerprint density at radius 3 is 2.61 bits per heavy atom. The van der Waals surface area contributed by atoms with Crippen molar-refractivity contribution in [1.29, 1.82) is 0 Å². The van der Waals surface area contributed by atoms with Crippen LogP contribution in [0.25, 0.3) is 0 Å². The minimum Gasteiger partial charge on any atom is -0.490 e. The Balaban J connectivity index is 1.63. The molecule has 2 aliphatic rings. The van der Waals surface area contributed by atoms with Gasteiger partial charge in [0, 0.05) is 13.1 Å². The standard InChI is InChI=1S/C16H23NO/c1-16(2)7-5-14(6-8-16)18-15-4-3-12-10-17-11-13(12)9-15/h3-4,9,14,17H,5-8,10-11H2,1-2H3. The van der Waals surface area contributed by atoms with Crippen LogP contribution >= 0.6 is 0 Å². The Morgan fingerprint density at radius 2 is 1.83 bits per heavy atom. The fraction of sp³-hybridized carbons (Fsp3) is 0.625. The molecule has 0 radical (unpaired) electrons. The maximum Gasteiger partial charge on any atom is 0.120 e. The summed E-state index contributed by atoms with van der Waals surface area (Å²) in [4.78, 5) is 0. The van der Waals surface area contributed by atoms with Gasteiger partial charge in [-0.3, -0.25) is 0 Å². The quantitative estimate of drug-likeness (QED) is 0.859. The number of rotatable bonds is 2. The van der Waals surface area contributed by atoms with E-state index in [-0.39, 0.29) is 0 Å². The van der Waals surface area contributed by atoms with Crippen LogP contribution in [0.3, 0.4) is 0 Å². The fourth-order valence-corrected chi connectivity index (χ4v) is 3.03. The Kier molecular flexibility index (Phi) is 3.06. The maximum atomic E-state index is 6.15. The summed E-state index contributed by atoms with van der Waals surface area (Å²) in [6, 6.07) is 6.55. The average molecular weight is 245 g/mol. The molecule has 0 spiro atoms. The Labute approximate surface area is 110 Å². The SMILES string of the molecule is CC1(C)CCC(Oc2ccc3c(c2)CNC3)CC1. The Hall–Kier alpha value is -1.02. The zero-order chi connectivity index (χ0) is 12.6. The molecule has 0 unspecified atom stereocenters. The van der Waals surface area contributed by atoms with Gasteiger partial charge in [0.1, 0.15) is 5.75 Å². The molecule has 1 N–H and O–H groups in total. The second kappa shape index (κ2) is 4.58. The van der Waals surface area contributed by atoms with Crippen molar-refractivity contribution in [3.63, 3.8) is 0 Å². The molecule has 1 heterocycles. The van der Waals surface area contributed by atoms with E-state index in [2.05, 4.69) is 37.4 Å². The molecule has 18 heavy (non-hydrogen) atoms. The van der Waals surface area contributed by atoms with Crippen LogP contribution in [-0.4, -0.2) is 6.10 Å². The fourth-order valence-electron chi connectivity index (χ4n) is 3.03. The molecule has 1 aliphatic heterocycles. The van der Waals surface area contributed by atoms with Crippen LogP contribution in [0.15, 0.2) is 18.2 Å². The van der Waals surface area contributed by atoms with Gasteiger partial charge >= 0.3 is 0 Å². The third kappa shape index (κ3) is 2.54. The molecule has 1 saturated carbocycles. The van der Waals surface area contributed by atoms with E-state index in [0.717, 1.165) is 18.8 Å². The third-order valence-corrected chi connectivity index (χ3v) is 4.40. The van der Waals surface area contributed by atoms with Crippen LogP contribution in [0.1, 0.15) is 50.7 Å². The summed E-state index contributed by atoms with van der Waals surface area (Å²) in [5, 5.41) is 3.37. The zero-order valence-corrected chi connectivity index (χ0v) is 11.5. The first-order valence-electron chi connectivity index (χ1n) is 7.12. The minimum atomic E-state index is 0.422. The molecule has 3 rings (SSSR count). The molecular formula is C16H23NO. The minimum absolute atomic E-state index is 0.422. The Bertz CT molecular complexity index is 429. The predicted molar refractivity (Wildman–Crippen MR) is 73.7 cm³/mol. The van der Waals surface area contributed by atoms with Crippen molar-refractivity contribution in [2.24, 2.45) is 5.41 Å². The maximum absolute atomic E-state index is 6.15. The first-order valence-corrected chi connectivity index (χ1v) is 7.12. The van der Waals surface area contributed by atoms with Gasteiger partial charge in [0.2, 0.25) is 0 Å². The summed E-state index contributed by atoms with van der Waals surface area (Å²) in [6.07, 6.45) is 5.38. The van der Waals surface area contributed by atoms with Gasteiger partial charge in [-0.2, -0.15) is 0 Å². The molecule has 0 aromatic heterocycles. The molecule has 1 aliphatic carbocycles. The molecule has 0 saturated heterocycles. The number of hydrogen-bond donors (Lipinski definition) is 1. The molecule has 98 valence electrons. The predicted octanol–water partition coefficient (Wildman–Crippen LogP) is 3.64. The molecule has 0 bridgehead atoms. The number of ether oxygens (including phenoxy) is 1. The smallest absolute Gasteiger partial charge is 0.120 e. The molecule has 1 fully saturated rings. The summed E-state index contributed by atoms with van der Waals surface area (Å²) in [6.45, 7) is 6.73. The normalized spacial score (nSPS) is 22.8. The summed E-state index contributed by atoms with van der Waals surface area (Å²) in [5.41, 5.74) is 3.35. The summed E-state index contributed by atoms with van der Waals surface area (Å²) < 4.78 is 6.15. The highest BCUT2D eigenvalue weighted by atomic mass is 16.5. The lowest BCUT2D eigenvalue weighted by atomic mass is 9.76. The van der Waals surface area contributed by atoms with Crippen molar-refractivity contribution in [3.8, 4) is 5.75 Å². The molecule has 1 aromatic carbocycles. The second-order valence-corrected chi connectivity index (χ2v) is 6.52. The summed E-state index contributed by atoms with van der Waals surface area (Å²) >= 11 is 0. The zero-order valence-electron chi connectivity index (χ0n) is 11.5. The second-order valence-electron chi connectivity index (χ2n) is 6.52. The van der Waals surface area contributed by atoms with E-state index in [1.165, 1.54) is 36.8 Å². The molecular weight excluding hydrogens is 222 g/mol. The van der Waals surface area contributed by atoms with E-state index in [0.29, 0.717) is 11.5 Å². The van der Waals surface area contributed by atoms with Gasteiger partial charge in [-0.25, -0.2) is 0 Å². The van der Waals surface area contributed by atoms with E-state index in [1.807, 2.05) is 0 Å². The third-order valence-electron chi connectivity index (χ3n) is 4.40. The number of benzene rings is 1. The van der Waals surface area contributed by atoms with Crippen LogP contribution in [-0.2, 0) is 13.1 Å². The van der Waals surface area contributed by atoms with Crippen molar-refractivity contribution in [2.75, 3.05) is 0 Å². The van der Waals surface area contributed by atoms with E-state index in [4.69, 9.17) is 4.74 Å². The lowest BCUT2D eigenvalue weighted by molar-refractivity contribution is 0.0987. The van der Waals surface area contributed by atoms with E-state index in [1.54, 1.807) is 0 Å². The molecule has 0 amide bonds. The van der Waals surface area contributed by atoms with Gasteiger partial charge in [-0.1, -0.05) is 19.9 Å². The molecule has 2 heteroatoms. The van der Waals surface area contributed by atoms with E-state index in [9.17, 15) is 0 Å². The topological polar surface area (TPSA) is 21.3 Å². The van der Waals surface area contributed by atoms with Gasteiger partial charge < -0.3 is 10.1 Å². The van der Waals surface area contributed by atoms with E-state index >= 15 is 0 Å². The van der Waals surface area contributed by atoms with Crippen LogP contribution in [0.5, 0.6) is 5.75 Å². The van der Waals surface area contributed by atoms with E-state index < -0.39 is 0 Å². The van der Waals surface area contributed by atoms with Crippen molar-refractivity contribution < 1.29 is 4.74 Å². The van der Waals surface area contributed by atoms with Crippen LogP contribution in [0.2, 0.25) is 0 Å². The lowest BCUT2D eigenvalue weighted by Gasteiger charge is -2.34. The van der Waals surface area contributed by atoms with Crippen molar-refractivity contribution in [3.05, 3.63) is 29.3 Å². The van der Waals surface area contributed by atoms with Crippen molar-refractivity contribution in [2.45, 2.75) is 58.7 Å². The van der Waals surface area contributed by atoms with Crippen LogP contribution in [0, 0.1) is 5.41 Å². The van der Waals surface area contributed by atoms with Crippen molar-refractivity contribution >= 4 is 0 Å². The summed E-state index contributed by atoms with van der Waals surface area (Å²) in [5.74, 6) is 1.06. The lowest BCUT2D eigenvalue weighted by Crippen LogP contribution is -2.28. The van der Waals surface area contributed by atoms with Gasteiger partial charge in [-0.05, 0) is 54.4 Å². The number of nitrogens with one attached hydrogen (secondary N) is 1. The van der Waals surface area contributed by atoms with Gasteiger partial charge in [-0.15, -0.1) is 0 Å². The number of hydrogen-bond acceptors (Lipinski definition) is 2. The highest BCUT2D eigenvalue weighted by molar-refractivity contribution is 5.37. The van der Waals surface area contributed by atoms with Crippen LogP contribution in [0.4, 0.5) is 0 Å². The van der Waals surface area contributed by atoms with Gasteiger partial charge in [0.05, 0.1) is 6.10 Å². The average Bonchev–Trinajstić information content (AvgIpc) is 2.79. The molecule has 1 aromatic rings. The number of fused-ring (bicyclic) bond motifs is 1.